The van der Waals surface area contributed by atoms with E-state index >= 15 is 0 Å². The van der Waals surface area contributed by atoms with Gasteiger partial charge in [0.1, 0.15) is 13.2 Å². The monoisotopic (exact) mass is 651 g/mol. The van der Waals surface area contributed by atoms with Crippen molar-refractivity contribution < 1.29 is 33.0 Å². The topological polar surface area (TPSA) is 99.1 Å². The molecule has 0 aliphatic rings. The summed E-state index contributed by atoms with van der Waals surface area (Å²) in [6.45, 7) is 3.93. The summed E-state index contributed by atoms with van der Waals surface area (Å²) in [6, 6.07) is 0. The van der Waals surface area contributed by atoms with Crippen molar-refractivity contribution in [2.75, 3.05) is 13.2 Å². The summed E-state index contributed by atoms with van der Waals surface area (Å²) in [7, 11) is -2.84. The third-order valence-corrected chi connectivity index (χ3v) is 7.64. The summed E-state index contributed by atoms with van der Waals surface area (Å²) in [5, 5.41) is 0. The van der Waals surface area contributed by atoms with Crippen molar-refractivity contribution in [3.63, 3.8) is 0 Å². The second-order valence-electron chi connectivity index (χ2n) is 11.6. The van der Waals surface area contributed by atoms with Crippen LogP contribution in [0.1, 0.15) is 155 Å². The van der Waals surface area contributed by atoms with E-state index in [2.05, 4.69) is 56.4 Å². The highest BCUT2D eigenvalue weighted by Gasteiger charge is 2.23. The van der Waals surface area contributed by atoms with Gasteiger partial charge in [-0.05, 0) is 44.9 Å². The average Bonchev–Trinajstić information content (AvgIpc) is 3.02. The van der Waals surface area contributed by atoms with Gasteiger partial charge >= 0.3 is 20.2 Å². The fourth-order valence-electron chi connectivity index (χ4n) is 4.63. The van der Waals surface area contributed by atoms with E-state index in [1.165, 1.54) is 70.6 Å². The minimum atomic E-state index is -2.84. The van der Waals surface area contributed by atoms with Gasteiger partial charge in [-0.3, -0.25) is 9.59 Å². The Hall–Kier alpha value is -2.08. The fourth-order valence-corrected chi connectivity index (χ4v) is 4.93. The van der Waals surface area contributed by atoms with Crippen LogP contribution in [0, 0.1) is 0 Å². The Balaban J connectivity index is 3.99. The minimum Gasteiger partial charge on any atom is -0.462 e. The molecule has 0 aromatic heterocycles. The number of hydrogen-bond donors (Lipinski definition) is 1. The van der Waals surface area contributed by atoms with Gasteiger partial charge in [-0.2, -0.15) is 0 Å². The summed E-state index contributed by atoms with van der Waals surface area (Å²) in [6.07, 6.45) is 39.2. The molecule has 0 aliphatic heterocycles. The Morgan fingerprint density at radius 2 is 1.04 bits per heavy atom. The predicted octanol–water partition coefficient (Wildman–Crippen LogP) is 11.0. The van der Waals surface area contributed by atoms with Crippen LogP contribution in [0.15, 0.2) is 48.6 Å². The van der Waals surface area contributed by atoms with Crippen LogP contribution in [-0.2, 0) is 28.2 Å². The Labute approximate surface area is 275 Å². The standard InChI is InChI=1S/C37H63O7P/c1-3-5-7-9-11-13-15-17-18-20-22-24-26-28-30-32-37(39)44-35(34-43-45(40)41)33-42-36(38)31-29-27-25-23-21-19-16-14-12-10-8-6-4-2/h7,9,13,15,18,20,24,26,35H,3-6,8,10-12,14,16-17,19,21-23,25,27-34H2,1-2H3/p+1/b9-7+,15-13+,20-18+,26-24+. The largest absolute Gasteiger partial charge is 0.694 e. The quantitative estimate of drug-likeness (QED) is 0.0334. The lowest BCUT2D eigenvalue weighted by Crippen LogP contribution is -2.29. The number of rotatable bonds is 32. The number of carbonyl (C=O) groups is 2. The summed E-state index contributed by atoms with van der Waals surface area (Å²) in [5.74, 6) is -0.809. The molecule has 2 atom stereocenters. The Kier molecular flexibility index (Phi) is 33.2. The van der Waals surface area contributed by atoms with Crippen molar-refractivity contribution in [3.8, 4) is 0 Å². The first-order valence-electron chi connectivity index (χ1n) is 17.7. The van der Waals surface area contributed by atoms with Gasteiger partial charge in [-0.15, -0.1) is 9.42 Å². The van der Waals surface area contributed by atoms with Gasteiger partial charge in [0, 0.05) is 17.4 Å². The molecule has 7 nitrogen and oxygen atoms in total. The molecule has 0 saturated carbocycles. The summed E-state index contributed by atoms with van der Waals surface area (Å²) >= 11 is 0. The minimum absolute atomic E-state index is 0.191. The lowest BCUT2D eigenvalue weighted by Gasteiger charge is -2.15. The molecule has 1 N–H and O–H groups in total. The first kappa shape index (κ1) is 42.9. The van der Waals surface area contributed by atoms with E-state index in [0.29, 0.717) is 12.8 Å². The van der Waals surface area contributed by atoms with Crippen LogP contribution in [-0.4, -0.2) is 36.1 Å². The lowest BCUT2D eigenvalue weighted by molar-refractivity contribution is -0.161. The second kappa shape index (κ2) is 34.8. The van der Waals surface area contributed by atoms with Crippen molar-refractivity contribution in [2.45, 2.75) is 161 Å². The number of allylic oxidation sites excluding steroid dienone is 8. The van der Waals surface area contributed by atoms with E-state index in [4.69, 9.17) is 18.9 Å². The molecule has 0 bridgehead atoms. The highest BCUT2D eigenvalue weighted by molar-refractivity contribution is 7.32. The maximum absolute atomic E-state index is 12.3. The van der Waals surface area contributed by atoms with Gasteiger partial charge in [0.25, 0.3) is 0 Å². The molecule has 0 heterocycles. The van der Waals surface area contributed by atoms with Crippen LogP contribution < -0.4 is 0 Å². The molecule has 258 valence electrons. The molecular formula is C37H64O7P+. The Morgan fingerprint density at radius 3 is 1.56 bits per heavy atom. The number of hydrogen-bond acceptors (Lipinski definition) is 6. The highest BCUT2D eigenvalue weighted by atomic mass is 31.1. The predicted molar refractivity (Wildman–Crippen MR) is 186 cm³/mol. The molecule has 0 aliphatic carbocycles. The number of ether oxygens (including phenoxy) is 2. The van der Waals surface area contributed by atoms with Crippen LogP contribution in [0.3, 0.4) is 0 Å². The van der Waals surface area contributed by atoms with E-state index in [1.807, 2.05) is 6.08 Å². The SMILES string of the molecule is CCC/C=C/C/C=C/C/C=C/C/C=C/CCCC(=O)OC(COC(=O)CCCCCCCCCCCCCCC)CO[P+](=O)O. The van der Waals surface area contributed by atoms with Gasteiger partial charge in [0.05, 0.1) is 0 Å². The summed E-state index contributed by atoms with van der Waals surface area (Å²) in [5.41, 5.74) is 0. The Morgan fingerprint density at radius 1 is 0.578 bits per heavy atom. The molecule has 0 amide bonds. The number of carbonyl (C=O) groups excluding carboxylic acids is 2. The molecule has 0 aromatic rings. The van der Waals surface area contributed by atoms with Crippen molar-refractivity contribution >= 4 is 20.2 Å². The lowest BCUT2D eigenvalue weighted by atomic mass is 10.0. The average molecular weight is 652 g/mol. The van der Waals surface area contributed by atoms with Gasteiger partial charge in [-0.25, -0.2) is 0 Å². The van der Waals surface area contributed by atoms with Gasteiger partial charge in [-0.1, -0.05) is 146 Å². The Bertz CT molecular complexity index is 835. The molecule has 0 radical (unpaired) electrons. The number of unbranched alkanes of at least 4 members (excludes halogenated alkanes) is 14. The van der Waals surface area contributed by atoms with Crippen molar-refractivity contribution in [1.29, 1.82) is 0 Å². The zero-order valence-corrected chi connectivity index (χ0v) is 29.4. The van der Waals surface area contributed by atoms with Gasteiger partial charge < -0.3 is 9.47 Å². The molecule has 0 aromatic carbocycles. The molecule has 0 spiro atoms. The first-order chi connectivity index (χ1) is 22.0. The van der Waals surface area contributed by atoms with Crippen LogP contribution in [0.5, 0.6) is 0 Å². The third kappa shape index (κ3) is 34.6. The maximum atomic E-state index is 12.3. The van der Waals surface area contributed by atoms with Crippen LogP contribution >= 0.6 is 8.25 Å². The van der Waals surface area contributed by atoms with Crippen molar-refractivity contribution in [1.82, 2.24) is 0 Å². The summed E-state index contributed by atoms with van der Waals surface area (Å²) < 4.78 is 26.3. The van der Waals surface area contributed by atoms with Crippen LogP contribution in [0.2, 0.25) is 0 Å². The molecule has 8 heteroatoms. The van der Waals surface area contributed by atoms with E-state index in [1.54, 1.807) is 0 Å². The smallest absolute Gasteiger partial charge is 0.462 e. The fraction of sp³-hybridized carbons (Fsp3) is 0.730. The van der Waals surface area contributed by atoms with Gasteiger partial charge in [0.2, 0.25) is 0 Å². The van der Waals surface area contributed by atoms with E-state index in [-0.39, 0.29) is 25.6 Å². The summed E-state index contributed by atoms with van der Waals surface area (Å²) in [4.78, 5) is 33.4. The zero-order chi connectivity index (χ0) is 33.1. The first-order valence-corrected chi connectivity index (χ1v) is 18.9. The number of esters is 2. The third-order valence-electron chi connectivity index (χ3n) is 7.27. The normalized spacial score (nSPS) is 13.0. The van der Waals surface area contributed by atoms with Crippen LogP contribution in [0.4, 0.5) is 0 Å². The van der Waals surface area contributed by atoms with E-state index in [0.717, 1.165) is 51.4 Å². The second-order valence-corrected chi connectivity index (χ2v) is 12.3. The van der Waals surface area contributed by atoms with E-state index < -0.39 is 20.3 Å². The van der Waals surface area contributed by atoms with Crippen LogP contribution in [0.25, 0.3) is 0 Å². The maximum Gasteiger partial charge on any atom is 0.694 e. The molecule has 0 saturated heterocycles. The highest BCUT2D eigenvalue weighted by Crippen LogP contribution is 2.17. The van der Waals surface area contributed by atoms with Crippen molar-refractivity contribution in [3.05, 3.63) is 48.6 Å². The molecule has 0 rings (SSSR count). The molecular weight excluding hydrogens is 587 g/mol. The van der Waals surface area contributed by atoms with E-state index in [9.17, 15) is 14.2 Å². The van der Waals surface area contributed by atoms with Gasteiger partial charge in [0.15, 0.2) is 6.10 Å². The molecule has 45 heavy (non-hydrogen) atoms. The molecule has 2 unspecified atom stereocenters. The van der Waals surface area contributed by atoms with Crippen molar-refractivity contribution in [2.24, 2.45) is 0 Å². The zero-order valence-electron chi connectivity index (χ0n) is 28.5. The molecule has 0 fully saturated rings.